The number of sulfonamides is 1. The van der Waals surface area contributed by atoms with E-state index in [4.69, 9.17) is 0 Å². The molecule has 0 saturated heterocycles. The van der Waals surface area contributed by atoms with Crippen molar-refractivity contribution in [3.05, 3.63) is 29.1 Å². The van der Waals surface area contributed by atoms with E-state index in [1.165, 1.54) is 17.3 Å². The van der Waals surface area contributed by atoms with Gasteiger partial charge in [-0.05, 0) is 44.0 Å². The van der Waals surface area contributed by atoms with Gasteiger partial charge in [-0.2, -0.15) is 0 Å². The Balaban J connectivity index is 3.17. The number of hydrogen-bond acceptors (Lipinski definition) is 3. The van der Waals surface area contributed by atoms with Crippen molar-refractivity contribution < 1.29 is 12.8 Å². The Hall–Kier alpha value is -0.980. The lowest BCUT2D eigenvalue weighted by Gasteiger charge is -2.20. The highest BCUT2D eigenvalue weighted by atomic mass is 32.2. The minimum atomic E-state index is -3.66. The second-order valence-electron chi connectivity index (χ2n) is 5.74. The Labute approximate surface area is 127 Å². The maximum Gasteiger partial charge on any atom is 0.243 e. The highest BCUT2D eigenvalue weighted by Gasteiger charge is 2.24. The summed E-state index contributed by atoms with van der Waals surface area (Å²) >= 11 is 0. The molecule has 0 aliphatic carbocycles. The minimum Gasteiger partial charge on any atom is -0.316 e. The summed E-state index contributed by atoms with van der Waals surface area (Å²) in [5.74, 6) is -0.0744. The van der Waals surface area contributed by atoms with Gasteiger partial charge in [-0.15, -0.1) is 0 Å². The van der Waals surface area contributed by atoms with Gasteiger partial charge in [0.25, 0.3) is 0 Å². The molecule has 4 nitrogen and oxygen atoms in total. The first-order valence-electron chi connectivity index (χ1n) is 7.10. The average Bonchev–Trinajstić information content (AvgIpc) is 2.39. The molecule has 0 atom stereocenters. The highest BCUT2D eigenvalue weighted by Crippen LogP contribution is 2.24. The lowest BCUT2D eigenvalue weighted by molar-refractivity contribution is 0.427. The number of rotatable bonds is 7. The van der Waals surface area contributed by atoms with Crippen LogP contribution in [0.3, 0.4) is 0 Å². The Morgan fingerprint density at radius 3 is 2.48 bits per heavy atom. The van der Waals surface area contributed by atoms with Gasteiger partial charge in [-0.25, -0.2) is 17.1 Å². The normalized spacial score (nSPS) is 12.4. The summed E-state index contributed by atoms with van der Waals surface area (Å²) in [4.78, 5) is 0.0546. The molecule has 0 spiro atoms. The number of nitrogens with zero attached hydrogens (tertiary/aromatic N) is 1. The highest BCUT2D eigenvalue weighted by molar-refractivity contribution is 7.89. The van der Waals surface area contributed by atoms with Crippen LogP contribution in [-0.4, -0.2) is 33.4 Å². The van der Waals surface area contributed by atoms with Crippen LogP contribution in [0.5, 0.6) is 0 Å². The van der Waals surface area contributed by atoms with E-state index in [1.807, 2.05) is 13.8 Å². The molecule has 21 heavy (non-hydrogen) atoms. The van der Waals surface area contributed by atoms with E-state index in [-0.39, 0.29) is 10.5 Å². The molecule has 1 N–H and O–H groups in total. The van der Waals surface area contributed by atoms with Gasteiger partial charge in [-0.3, -0.25) is 0 Å². The number of halogens is 1. The minimum absolute atomic E-state index is 0.0546. The fourth-order valence-corrected chi connectivity index (χ4v) is 3.48. The molecular weight excluding hydrogens is 291 g/mol. The summed E-state index contributed by atoms with van der Waals surface area (Å²) in [5, 5.41) is 2.90. The Kier molecular flexibility index (Phi) is 6.31. The zero-order valence-electron chi connectivity index (χ0n) is 13.4. The predicted molar refractivity (Wildman–Crippen MR) is 83.2 cm³/mol. The van der Waals surface area contributed by atoms with Gasteiger partial charge in [0.15, 0.2) is 0 Å². The van der Waals surface area contributed by atoms with Crippen LogP contribution >= 0.6 is 0 Å². The summed E-state index contributed by atoms with van der Waals surface area (Å²) in [6, 6.07) is 2.93. The van der Waals surface area contributed by atoms with Gasteiger partial charge in [0.05, 0.1) is 4.90 Å². The maximum absolute atomic E-state index is 14.0. The van der Waals surface area contributed by atoms with Gasteiger partial charge in [0.1, 0.15) is 5.82 Å². The standard InChI is InChI=1S/C15H25FN2O2S/c1-11(2)6-7-18(5)21(19,20)15-9-13(10-17-4)8-14(16)12(15)3/h8-9,11,17H,6-7,10H2,1-5H3. The van der Waals surface area contributed by atoms with Crippen LogP contribution in [0, 0.1) is 18.7 Å². The lowest BCUT2D eigenvalue weighted by Crippen LogP contribution is -2.29. The van der Waals surface area contributed by atoms with E-state index < -0.39 is 15.8 Å². The predicted octanol–water partition coefficient (Wildman–Crippen LogP) is 2.52. The Bertz CT molecular complexity index is 586. The maximum atomic E-state index is 14.0. The van der Waals surface area contributed by atoms with E-state index in [1.54, 1.807) is 20.2 Å². The van der Waals surface area contributed by atoms with Crippen molar-refractivity contribution in [2.24, 2.45) is 5.92 Å². The molecule has 1 rings (SSSR count). The van der Waals surface area contributed by atoms with Crippen LogP contribution in [-0.2, 0) is 16.6 Å². The molecule has 0 bridgehead atoms. The summed E-state index contributed by atoms with van der Waals surface area (Å²) in [6.07, 6.45) is 0.771. The third kappa shape index (κ3) is 4.49. The molecule has 1 aromatic rings. The molecular formula is C15H25FN2O2S. The summed E-state index contributed by atoms with van der Waals surface area (Å²) in [7, 11) is -0.385. The van der Waals surface area contributed by atoms with Crippen LogP contribution in [0.15, 0.2) is 17.0 Å². The summed E-state index contributed by atoms with van der Waals surface area (Å²) < 4.78 is 40.5. The Morgan fingerprint density at radius 2 is 1.95 bits per heavy atom. The molecule has 6 heteroatoms. The zero-order chi connectivity index (χ0) is 16.2. The monoisotopic (exact) mass is 316 g/mol. The second-order valence-corrected chi connectivity index (χ2v) is 7.75. The van der Waals surface area contributed by atoms with Crippen molar-refractivity contribution in [1.29, 1.82) is 0 Å². The second kappa shape index (κ2) is 7.33. The van der Waals surface area contributed by atoms with Crippen molar-refractivity contribution in [1.82, 2.24) is 9.62 Å². The molecule has 0 amide bonds. The third-order valence-electron chi connectivity index (χ3n) is 3.45. The van der Waals surface area contributed by atoms with Crippen molar-refractivity contribution in [3.63, 3.8) is 0 Å². The van der Waals surface area contributed by atoms with Crippen molar-refractivity contribution in [2.75, 3.05) is 20.6 Å². The van der Waals surface area contributed by atoms with E-state index >= 15 is 0 Å². The molecule has 0 fully saturated rings. The molecule has 0 aliphatic rings. The van der Waals surface area contributed by atoms with Crippen molar-refractivity contribution >= 4 is 10.0 Å². The van der Waals surface area contributed by atoms with Gasteiger partial charge in [0.2, 0.25) is 10.0 Å². The lowest BCUT2D eigenvalue weighted by atomic mass is 10.1. The Morgan fingerprint density at radius 1 is 1.33 bits per heavy atom. The summed E-state index contributed by atoms with van der Waals surface area (Å²) in [6.45, 7) is 6.44. The molecule has 1 aromatic carbocycles. The fourth-order valence-electron chi connectivity index (χ4n) is 2.01. The van der Waals surface area contributed by atoms with E-state index in [0.717, 1.165) is 6.42 Å². The van der Waals surface area contributed by atoms with Crippen molar-refractivity contribution in [2.45, 2.75) is 38.6 Å². The van der Waals surface area contributed by atoms with Gasteiger partial charge < -0.3 is 5.32 Å². The van der Waals surface area contributed by atoms with E-state index in [2.05, 4.69) is 5.32 Å². The number of benzene rings is 1. The first-order chi connectivity index (χ1) is 9.70. The van der Waals surface area contributed by atoms with E-state index in [0.29, 0.717) is 24.6 Å². The van der Waals surface area contributed by atoms with Crippen LogP contribution in [0.4, 0.5) is 4.39 Å². The van der Waals surface area contributed by atoms with Gasteiger partial charge >= 0.3 is 0 Å². The smallest absolute Gasteiger partial charge is 0.243 e. The SMILES string of the molecule is CNCc1cc(F)c(C)c(S(=O)(=O)N(C)CCC(C)C)c1. The average molecular weight is 316 g/mol. The first kappa shape index (κ1) is 18.1. The van der Waals surface area contributed by atoms with Gasteiger partial charge in [-0.1, -0.05) is 13.8 Å². The first-order valence-corrected chi connectivity index (χ1v) is 8.54. The van der Waals surface area contributed by atoms with E-state index in [9.17, 15) is 12.8 Å². The molecule has 0 unspecified atom stereocenters. The largest absolute Gasteiger partial charge is 0.316 e. The van der Waals surface area contributed by atoms with Crippen LogP contribution in [0.25, 0.3) is 0 Å². The van der Waals surface area contributed by atoms with Gasteiger partial charge in [0, 0.05) is 25.7 Å². The third-order valence-corrected chi connectivity index (χ3v) is 5.43. The van der Waals surface area contributed by atoms with Crippen LogP contribution < -0.4 is 5.32 Å². The molecule has 0 aromatic heterocycles. The quantitative estimate of drug-likeness (QED) is 0.841. The molecule has 0 aliphatic heterocycles. The molecule has 0 saturated carbocycles. The zero-order valence-corrected chi connectivity index (χ0v) is 14.2. The van der Waals surface area contributed by atoms with Crippen LogP contribution in [0.2, 0.25) is 0 Å². The van der Waals surface area contributed by atoms with Crippen molar-refractivity contribution in [3.8, 4) is 0 Å². The number of hydrogen-bond donors (Lipinski definition) is 1. The molecule has 0 heterocycles. The summed E-state index contributed by atoms with van der Waals surface area (Å²) in [5.41, 5.74) is 0.794. The molecule has 0 radical (unpaired) electrons. The topological polar surface area (TPSA) is 49.4 Å². The molecule has 120 valence electrons. The fraction of sp³-hybridized carbons (Fsp3) is 0.600. The van der Waals surface area contributed by atoms with Crippen LogP contribution in [0.1, 0.15) is 31.4 Å². The number of nitrogens with one attached hydrogen (secondary N) is 1.